The van der Waals surface area contributed by atoms with Gasteiger partial charge in [0.15, 0.2) is 5.16 Å². The maximum absolute atomic E-state index is 13.1. The summed E-state index contributed by atoms with van der Waals surface area (Å²) in [5.41, 5.74) is 1.72. The zero-order valence-electron chi connectivity index (χ0n) is 18.2. The number of amides is 2. The van der Waals surface area contributed by atoms with E-state index in [-0.39, 0.29) is 17.3 Å². The number of hydrogen-bond donors (Lipinski definition) is 1. The second kappa shape index (κ2) is 10.1. The first kappa shape index (κ1) is 24.3. The second-order valence-corrected chi connectivity index (χ2v) is 8.35. The number of aromatic nitrogens is 3. The van der Waals surface area contributed by atoms with Gasteiger partial charge in [-0.15, -0.1) is 10.2 Å². The van der Waals surface area contributed by atoms with Crippen LogP contribution in [0.5, 0.6) is 0 Å². The van der Waals surface area contributed by atoms with E-state index in [0.717, 1.165) is 45.6 Å². The molecule has 0 spiro atoms. The van der Waals surface area contributed by atoms with E-state index >= 15 is 0 Å². The molecule has 1 aromatic heterocycles. The summed E-state index contributed by atoms with van der Waals surface area (Å²) in [6.45, 7) is 3.56. The highest BCUT2D eigenvalue weighted by molar-refractivity contribution is 7.99. The van der Waals surface area contributed by atoms with Crippen LogP contribution in [0.3, 0.4) is 0 Å². The van der Waals surface area contributed by atoms with Crippen molar-refractivity contribution in [2.24, 2.45) is 0 Å². The Morgan fingerprint density at radius 2 is 1.88 bits per heavy atom. The molecule has 3 aromatic rings. The number of anilines is 1. The van der Waals surface area contributed by atoms with Crippen LogP contribution in [-0.4, -0.2) is 50.8 Å². The maximum Gasteiger partial charge on any atom is 0.418 e. The molecule has 0 unspecified atom stereocenters. The third-order valence-corrected chi connectivity index (χ3v) is 5.69. The number of carbonyl (C=O) groups is 2. The van der Waals surface area contributed by atoms with Crippen LogP contribution in [0.15, 0.2) is 53.9 Å². The molecule has 2 aromatic carbocycles. The van der Waals surface area contributed by atoms with E-state index in [0.29, 0.717) is 5.16 Å². The molecule has 174 valence electrons. The number of halogens is 3. The highest BCUT2D eigenvalue weighted by Gasteiger charge is 2.33. The van der Waals surface area contributed by atoms with Gasteiger partial charge in [0, 0.05) is 7.05 Å². The van der Waals surface area contributed by atoms with Gasteiger partial charge in [0.1, 0.15) is 6.33 Å². The van der Waals surface area contributed by atoms with Gasteiger partial charge in [-0.3, -0.25) is 14.2 Å². The van der Waals surface area contributed by atoms with Gasteiger partial charge in [-0.2, -0.15) is 13.2 Å². The Morgan fingerprint density at radius 3 is 2.58 bits per heavy atom. The molecule has 0 radical (unpaired) electrons. The fourth-order valence-electron chi connectivity index (χ4n) is 3.13. The SMILES string of the molecule is Cc1ccc(-n2cnnc2SCC(=O)N(C)CC(=O)Nc2ccccc2C(F)(F)F)c(C)c1. The lowest BCUT2D eigenvalue weighted by molar-refractivity contribution is -0.137. The average Bonchev–Trinajstić information content (AvgIpc) is 3.19. The Labute approximate surface area is 193 Å². The molecule has 0 aliphatic carbocycles. The van der Waals surface area contributed by atoms with Crippen LogP contribution in [0.4, 0.5) is 18.9 Å². The van der Waals surface area contributed by atoms with E-state index < -0.39 is 24.2 Å². The fourth-order valence-corrected chi connectivity index (χ4v) is 4.00. The molecule has 2 amide bonds. The number of carbonyl (C=O) groups excluding carboxylic acids is 2. The third kappa shape index (κ3) is 6.13. The number of alkyl halides is 3. The topological polar surface area (TPSA) is 80.1 Å². The van der Waals surface area contributed by atoms with E-state index in [2.05, 4.69) is 15.5 Å². The van der Waals surface area contributed by atoms with E-state index in [9.17, 15) is 22.8 Å². The molecule has 0 fully saturated rings. The zero-order valence-corrected chi connectivity index (χ0v) is 19.0. The summed E-state index contributed by atoms with van der Waals surface area (Å²) in [5, 5.41) is 10.7. The molecule has 0 saturated heterocycles. The van der Waals surface area contributed by atoms with Gasteiger partial charge in [-0.05, 0) is 37.6 Å². The number of likely N-dealkylation sites (N-methyl/N-ethyl adjacent to an activating group) is 1. The Kier molecular flexibility index (Phi) is 7.42. The normalized spacial score (nSPS) is 11.3. The minimum absolute atomic E-state index is 0.0213. The minimum Gasteiger partial charge on any atom is -0.336 e. The quantitative estimate of drug-likeness (QED) is 0.519. The van der Waals surface area contributed by atoms with Crippen molar-refractivity contribution in [2.45, 2.75) is 25.2 Å². The second-order valence-electron chi connectivity index (χ2n) is 7.40. The molecule has 33 heavy (non-hydrogen) atoms. The van der Waals surface area contributed by atoms with Crippen molar-refractivity contribution in [1.29, 1.82) is 0 Å². The molecule has 0 saturated carbocycles. The van der Waals surface area contributed by atoms with Crippen molar-refractivity contribution in [3.63, 3.8) is 0 Å². The summed E-state index contributed by atoms with van der Waals surface area (Å²) in [5.74, 6) is -1.13. The van der Waals surface area contributed by atoms with Crippen LogP contribution >= 0.6 is 11.8 Å². The maximum atomic E-state index is 13.1. The van der Waals surface area contributed by atoms with Crippen molar-refractivity contribution in [2.75, 3.05) is 24.7 Å². The largest absolute Gasteiger partial charge is 0.418 e. The zero-order chi connectivity index (χ0) is 24.2. The van der Waals surface area contributed by atoms with Gasteiger partial charge < -0.3 is 10.2 Å². The monoisotopic (exact) mass is 477 g/mol. The molecule has 3 rings (SSSR count). The lowest BCUT2D eigenvalue weighted by atomic mass is 10.1. The molecule has 1 heterocycles. The van der Waals surface area contributed by atoms with E-state index in [1.165, 1.54) is 19.2 Å². The van der Waals surface area contributed by atoms with Gasteiger partial charge in [0.25, 0.3) is 0 Å². The van der Waals surface area contributed by atoms with Crippen LogP contribution in [0.2, 0.25) is 0 Å². The van der Waals surface area contributed by atoms with E-state index in [4.69, 9.17) is 0 Å². The molecule has 0 aliphatic rings. The molecule has 1 N–H and O–H groups in total. The lowest BCUT2D eigenvalue weighted by Crippen LogP contribution is -2.36. The first-order chi connectivity index (χ1) is 15.6. The fraction of sp³-hybridized carbons (Fsp3) is 0.273. The summed E-state index contributed by atoms with van der Waals surface area (Å²) < 4.78 is 41.0. The van der Waals surface area contributed by atoms with E-state index in [1.54, 1.807) is 10.9 Å². The predicted molar refractivity (Wildman–Crippen MR) is 119 cm³/mol. The van der Waals surface area contributed by atoms with Crippen molar-refractivity contribution < 1.29 is 22.8 Å². The first-order valence-electron chi connectivity index (χ1n) is 9.86. The number of thioether (sulfide) groups is 1. The Hall–Kier alpha value is -3.34. The number of nitrogens with zero attached hydrogens (tertiary/aromatic N) is 4. The van der Waals surface area contributed by atoms with Crippen LogP contribution in [0, 0.1) is 13.8 Å². The summed E-state index contributed by atoms with van der Waals surface area (Å²) in [4.78, 5) is 25.9. The average molecular weight is 478 g/mol. The number of benzene rings is 2. The van der Waals surface area contributed by atoms with Gasteiger partial charge >= 0.3 is 6.18 Å². The van der Waals surface area contributed by atoms with Crippen LogP contribution in [0.1, 0.15) is 16.7 Å². The molecule has 0 bridgehead atoms. The van der Waals surface area contributed by atoms with Crippen molar-refractivity contribution >= 4 is 29.3 Å². The Bertz CT molecular complexity index is 1160. The number of nitrogens with one attached hydrogen (secondary N) is 1. The van der Waals surface area contributed by atoms with Crippen molar-refractivity contribution in [3.05, 3.63) is 65.5 Å². The van der Waals surface area contributed by atoms with Crippen molar-refractivity contribution in [3.8, 4) is 5.69 Å². The number of hydrogen-bond acceptors (Lipinski definition) is 5. The summed E-state index contributed by atoms with van der Waals surface area (Å²) in [7, 11) is 1.41. The third-order valence-electron chi connectivity index (χ3n) is 4.77. The first-order valence-corrected chi connectivity index (χ1v) is 10.9. The highest BCUT2D eigenvalue weighted by Crippen LogP contribution is 2.34. The molecule has 11 heteroatoms. The van der Waals surface area contributed by atoms with Crippen LogP contribution in [-0.2, 0) is 15.8 Å². The highest BCUT2D eigenvalue weighted by atomic mass is 32.2. The molecule has 0 aliphatic heterocycles. The summed E-state index contributed by atoms with van der Waals surface area (Å²) in [6, 6.07) is 10.6. The van der Waals surface area contributed by atoms with Gasteiger partial charge in [-0.1, -0.05) is 41.6 Å². The Balaban J connectivity index is 1.59. The molecule has 0 atom stereocenters. The lowest BCUT2D eigenvalue weighted by Gasteiger charge is -2.18. The molecule has 7 nitrogen and oxygen atoms in total. The molecular formula is C22H22F3N5O2S. The van der Waals surface area contributed by atoms with Crippen LogP contribution < -0.4 is 5.32 Å². The standard InChI is InChI=1S/C22H22F3N5O2S/c1-14-8-9-18(15(2)10-14)30-13-26-28-21(30)33-12-20(32)29(3)11-19(31)27-17-7-5-4-6-16(17)22(23,24)25/h4-10,13H,11-12H2,1-3H3,(H,27,31). The van der Waals surface area contributed by atoms with Crippen molar-refractivity contribution in [1.82, 2.24) is 19.7 Å². The van der Waals surface area contributed by atoms with E-state index in [1.807, 2.05) is 32.0 Å². The number of rotatable bonds is 7. The van der Waals surface area contributed by atoms with Crippen LogP contribution in [0.25, 0.3) is 5.69 Å². The summed E-state index contributed by atoms with van der Waals surface area (Å²) >= 11 is 1.15. The van der Waals surface area contributed by atoms with Gasteiger partial charge in [0.05, 0.1) is 29.2 Å². The number of aryl methyl sites for hydroxylation is 2. The predicted octanol–water partition coefficient (Wildman–Crippen LogP) is 4.09. The number of para-hydroxylation sites is 1. The smallest absolute Gasteiger partial charge is 0.336 e. The molecular weight excluding hydrogens is 455 g/mol. The van der Waals surface area contributed by atoms with Gasteiger partial charge in [0.2, 0.25) is 11.8 Å². The van der Waals surface area contributed by atoms with Gasteiger partial charge in [-0.25, -0.2) is 0 Å². The Morgan fingerprint density at radius 1 is 1.15 bits per heavy atom. The summed E-state index contributed by atoms with van der Waals surface area (Å²) in [6.07, 6.45) is -3.05. The minimum atomic E-state index is -4.60.